The minimum atomic E-state index is -0.612. The molecule has 1 amide bonds. The first-order valence-corrected chi connectivity index (χ1v) is 8.05. The van der Waals surface area contributed by atoms with Crippen LogP contribution in [0.1, 0.15) is 39.0 Å². The quantitative estimate of drug-likeness (QED) is 0.607. The van der Waals surface area contributed by atoms with Gasteiger partial charge in [0.2, 0.25) is 5.91 Å². The Bertz CT molecular complexity index is 859. The van der Waals surface area contributed by atoms with Crippen molar-refractivity contribution in [2.24, 2.45) is 0 Å². The van der Waals surface area contributed by atoms with Crippen molar-refractivity contribution in [1.29, 1.82) is 0 Å². The van der Waals surface area contributed by atoms with Crippen LogP contribution in [0.4, 0.5) is 5.69 Å². The van der Waals surface area contributed by atoms with E-state index in [1.807, 2.05) is 0 Å². The largest absolute Gasteiger partial charge is 0.465 e. The van der Waals surface area contributed by atoms with Gasteiger partial charge in [0.1, 0.15) is 0 Å². The van der Waals surface area contributed by atoms with E-state index in [1.165, 1.54) is 20.1 Å². The Balaban J connectivity index is 2.27. The summed E-state index contributed by atoms with van der Waals surface area (Å²) in [6, 6.07) is 4.68. The zero-order chi connectivity index (χ0) is 18.7. The van der Waals surface area contributed by atoms with Crippen molar-refractivity contribution in [2.45, 2.75) is 20.3 Å². The third-order valence-electron chi connectivity index (χ3n) is 3.61. The maximum atomic E-state index is 12.3. The molecular weight excluding hydrogens is 367 g/mol. The second kappa shape index (κ2) is 7.72. The van der Waals surface area contributed by atoms with E-state index in [0.717, 1.165) is 0 Å². The number of aromatic amines is 1. The number of hydrogen-bond donors (Lipinski definition) is 2. The Morgan fingerprint density at radius 2 is 1.88 bits per heavy atom. The van der Waals surface area contributed by atoms with Gasteiger partial charge in [-0.25, -0.2) is 4.79 Å². The molecule has 0 aliphatic heterocycles. The molecule has 1 aromatic carbocycles. The van der Waals surface area contributed by atoms with E-state index >= 15 is 0 Å². The van der Waals surface area contributed by atoms with Crippen molar-refractivity contribution in [3.8, 4) is 0 Å². The molecule has 1 heterocycles. The van der Waals surface area contributed by atoms with Gasteiger partial charge in [-0.3, -0.25) is 9.59 Å². The van der Waals surface area contributed by atoms with Gasteiger partial charge in [-0.15, -0.1) is 0 Å². The number of hydrogen-bond acceptors (Lipinski definition) is 4. The van der Waals surface area contributed by atoms with E-state index in [4.69, 9.17) is 27.9 Å². The number of H-pyrrole nitrogens is 1. The molecule has 25 heavy (non-hydrogen) atoms. The molecule has 0 aliphatic carbocycles. The highest BCUT2D eigenvalue weighted by atomic mass is 35.5. The lowest BCUT2D eigenvalue weighted by Gasteiger charge is -2.07. The number of ketones is 1. The maximum absolute atomic E-state index is 12.3. The number of halogens is 2. The number of Topliss-reactive ketones (excluding diaryl/α,β-unsaturated/α-hetero) is 1. The Morgan fingerprint density at radius 1 is 1.20 bits per heavy atom. The molecule has 6 nitrogen and oxygen atoms in total. The van der Waals surface area contributed by atoms with Crippen molar-refractivity contribution in [3.63, 3.8) is 0 Å². The first-order chi connectivity index (χ1) is 11.7. The third kappa shape index (κ3) is 4.21. The first kappa shape index (κ1) is 19.0. The Labute approximate surface area is 154 Å². The average molecular weight is 383 g/mol. The maximum Gasteiger partial charge on any atom is 0.339 e. The summed E-state index contributed by atoms with van der Waals surface area (Å²) < 4.78 is 4.75. The van der Waals surface area contributed by atoms with Gasteiger partial charge in [0.05, 0.1) is 34.8 Å². The number of esters is 1. The molecule has 0 fully saturated rings. The first-order valence-electron chi connectivity index (χ1n) is 7.30. The summed E-state index contributed by atoms with van der Waals surface area (Å²) in [7, 11) is 1.24. The van der Waals surface area contributed by atoms with Gasteiger partial charge >= 0.3 is 5.97 Å². The number of ether oxygens (including phenoxy) is 1. The van der Waals surface area contributed by atoms with E-state index in [0.29, 0.717) is 27.0 Å². The van der Waals surface area contributed by atoms with Crippen LogP contribution in [0, 0.1) is 6.92 Å². The highest BCUT2D eigenvalue weighted by Crippen LogP contribution is 2.25. The molecular formula is C17H16Cl2N2O4. The number of anilines is 1. The summed E-state index contributed by atoms with van der Waals surface area (Å²) in [5, 5.41) is 3.34. The number of carbonyl (C=O) groups excluding carboxylic acids is 3. The lowest BCUT2D eigenvalue weighted by Crippen LogP contribution is -2.17. The number of amides is 1. The van der Waals surface area contributed by atoms with Crippen molar-refractivity contribution >= 4 is 46.5 Å². The van der Waals surface area contributed by atoms with Crippen molar-refractivity contribution in [3.05, 3.63) is 50.8 Å². The second-order valence-electron chi connectivity index (χ2n) is 5.38. The molecule has 0 spiro atoms. The fourth-order valence-electron chi connectivity index (χ4n) is 2.46. The summed E-state index contributed by atoms with van der Waals surface area (Å²) in [5.41, 5.74) is 1.70. The molecule has 132 valence electrons. The van der Waals surface area contributed by atoms with E-state index in [1.54, 1.807) is 19.1 Å². The fraction of sp³-hybridized carbons (Fsp3) is 0.235. The average Bonchev–Trinajstić information content (AvgIpc) is 2.86. The van der Waals surface area contributed by atoms with Crippen molar-refractivity contribution in [1.82, 2.24) is 4.98 Å². The Hall–Kier alpha value is -2.31. The summed E-state index contributed by atoms with van der Waals surface area (Å²) in [5.74, 6) is -1.24. The van der Waals surface area contributed by atoms with Crippen LogP contribution in [0.3, 0.4) is 0 Å². The van der Waals surface area contributed by atoms with Gasteiger partial charge in [-0.05, 0) is 30.7 Å². The summed E-state index contributed by atoms with van der Waals surface area (Å²) in [6.45, 7) is 3.00. The van der Waals surface area contributed by atoms with Gasteiger partial charge in [0, 0.05) is 18.3 Å². The summed E-state index contributed by atoms with van der Waals surface area (Å²) >= 11 is 11.7. The Morgan fingerprint density at radius 3 is 2.44 bits per heavy atom. The number of carbonyl (C=O) groups is 3. The van der Waals surface area contributed by atoms with Crippen LogP contribution < -0.4 is 5.32 Å². The number of rotatable bonds is 5. The van der Waals surface area contributed by atoms with E-state index < -0.39 is 5.97 Å². The van der Waals surface area contributed by atoms with Crippen molar-refractivity contribution in [2.75, 3.05) is 12.4 Å². The van der Waals surface area contributed by atoms with Crippen LogP contribution in [-0.2, 0) is 16.0 Å². The molecule has 0 atom stereocenters. The molecule has 2 aromatic rings. The van der Waals surface area contributed by atoms with Crippen LogP contribution in [0.2, 0.25) is 10.0 Å². The number of benzene rings is 1. The number of nitrogens with one attached hydrogen (secondary N) is 2. The van der Waals surface area contributed by atoms with Gasteiger partial charge in [-0.1, -0.05) is 23.2 Å². The highest BCUT2D eigenvalue weighted by Gasteiger charge is 2.24. The van der Waals surface area contributed by atoms with Crippen LogP contribution in [0.25, 0.3) is 0 Å². The van der Waals surface area contributed by atoms with E-state index in [-0.39, 0.29) is 29.4 Å². The van der Waals surface area contributed by atoms with Crippen molar-refractivity contribution < 1.29 is 19.1 Å². The van der Waals surface area contributed by atoms with Crippen LogP contribution >= 0.6 is 23.2 Å². The molecule has 2 rings (SSSR count). The number of methoxy groups -OCH3 is 1. The summed E-state index contributed by atoms with van der Waals surface area (Å²) in [4.78, 5) is 38.8. The third-order valence-corrected chi connectivity index (χ3v) is 4.35. The zero-order valence-corrected chi connectivity index (χ0v) is 15.3. The molecule has 0 saturated carbocycles. The predicted molar refractivity (Wildman–Crippen MR) is 95.7 cm³/mol. The molecule has 0 radical (unpaired) electrons. The molecule has 0 saturated heterocycles. The lowest BCUT2D eigenvalue weighted by molar-refractivity contribution is -0.115. The molecule has 0 aliphatic rings. The zero-order valence-electron chi connectivity index (χ0n) is 13.8. The highest BCUT2D eigenvalue weighted by molar-refractivity contribution is 6.42. The van der Waals surface area contributed by atoms with Gasteiger partial charge < -0.3 is 15.0 Å². The monoisotopic (exact) mass is 382 g/mol. The van der Waals surface area contributed by atoms with Crippen LogP contribution in [0.15, 0.2) is 18.2 Å². The van der Waals surface area contributed by atoms with E-state index in [9.17, 15) is 14.4 Å². The summed E-state index contributed by atoms with van der Waals surface area (Å²) in [6.07, 6.45) is -0.140. The lowest BCUT2D eigenvalue weighted by atomic mass is 10.1. The van der Waals surface area contributed by atoms with Gasteiger partial charge in [0.15, 0.2) is 5.78 Å². The smallest absolute Gasteiger partial charge is 0.339 e. The number of aromatic nitrogens is 1. The van der Waals surface area contributed by atoms with Crippen LogP contribution in [0.5, 0.6) is 0 Å². The molecule has 2 N–H and O–H groups in total. The standard InChI is InChI=1S/C17H16Cl2N2O4/c1-8-15(17(24)25-3)13(21-16(8)9(2)22)7-14(23)20-10-4-5-11(18)12(19)6-10/h4-6,21H,7H2,1-3H3,(H,20,23). The van der Waals surface area contributed by atoms with Crippen LogP contribution in [-0.4, -0.2) is 29.8 Å². The van der Waals surface area contributed by atoms with Gasteiger partial charge in [0.25, 0.3) is 0 Å². The second-order valence-corrected chi connectivity index (χ2v) is 6.19. The minimum absolute atomic E-state index is 0.140. The predicted octanol–water partition coefficient (Wildman–Crippen LogP) is 3.80. The molecule has 0 bridgehead atoms. The fourth-order valence-corrected chi connectivity index (χ4v) is 2.76. The SMILES string of the molecule is COC(=O)c1c(CC(=O)Nc2ccc(Cl)c(Cl)c2)[nH]c(C(C)=O)c1C. The topological polar surface area (TPSA) is 88.3 Å². The molecule has 8 heteroatoms. The Kier molecular flexibility index (Phi) is 5.87. The normalized spacial score (nSPS) is 10.4. The minimum Gasteiger partial charge on any atom is -0.465 e. The molecule has 0 unspecified atom stereocenters. The van der Waals surface area contributed by atoms with E-state index in [2.05, 4.69) is 10.3 Å². The van der Waals surface area contributed by atoms with Gasteiger partial charge in [-0.2, -0.15) is 0 Å². The molecule has 1 aromatic heterocycles.